The summed E-state index contributed by atoms with van der Waals surface area (Å²) in [6, 6.07) is 6.16. The fraction of sp³-hybridized carbons (Fsp3) is 0.526. The van der Waals surface area contributed by atoms with Crippen LogP contribution in [0.4, 0.5) is 10.8 Å². The Kier molecular flexibility index (Phi) is 6.19. The molecule has 140 valence electrons. The van der Waals surface area contributed by atoms with Crippen LogP contribution in [0.3, 0.4) is 0 Å². The molecule has 7 heteroatoms. The topological polar surface area (TPSA) is 58.1 Å². The maximum Gasteiger partial charge on any atom is 0.233 e. The van der Waals surface area contributed by atoms with Crippen molar-refractivity contribution in [3.63, 3.8) is 0 Å². The number of piperidine rings is 1. The first-order valence-corrected chi connectivity index (χ1v) is 10.8. The third kappa shape index (κ3) is 4.76. The van der Waals surface area contributed by atoms with Crippen LogP contribution in [0.25, 0.3) is 0 Å². The van der Waals surface area contributed by atoms with Crippen molar-refractivity contribution in [2.75, 3.05) is 24.2 Å². The SMILES string of the molecule is Cc1cccc(Nc2nnc(SCC(=O)N3C[C@H](C)C[C@H](C)C3)s2)c1C. The molecule has 0 saturated carbocycles. The number of nitrogens with zero attached hydrogens (tertiary/aromatic N) is 3. The Morgan fingerprint density at radius 1 is 1.27 bits per heavy atom. The van der Waals surface area contributed by atoms with Gasteiger partial charge in [-0.2, -0.15) is 0 Å². The number of hydrogen-bond acceptors (Lipinski definition) is 6. The lowest BCUT2D eigenvalue weighted by Crippen LogP contribution is -2.43. The van der Waals surface area contributed by atoms with E-state index in [9.17, 15) is 4.79 Å². The van der Waals surface area contributed by atoms with Crippen LogP contribution in [0.2, 0.25) is 0 Å². The molecule has 1 saturated heterocycles. The third-order valence-electron chi connectivity index (χ3n) is 4.79. The van der Waals surface area contributed by atoms with Gasteiger partial charge in [0.05, 0.1) is 5.75 Å². The summed E-state index contributed by atoms with van der Waals surface area (Å²) in [4.78, 5) is 14.5. The van der Waals surface area contributed by atoms with Crippen LogP contribution in [0, 0.1) is 25.7 Å². The molecule has 1 aliphatic heterocycles. The molecule has 1 aromatic heterocycles. The molecular formula is C19H26N4OS2. The second-order valence-corrected chi connectivity index (χ2v) is 9.48. The fourth-order valence-electron chi connectivity index (χ4n) is 3.40. The van der Waals surface area contributed by atoms with Gasteiger partial charge in [-0.1, -0.05) is 49.1 Å². The van der Waals surface area contributed by atoms with Crippen LogP contribution in [-0.2, 0) is 4.79 Å². The number of benzene rings is 1. The van der Waals surface area contributed by atoms with Crippen molar-refractivity contribution >= 4 is 39.8 Å². The zero-order valence-electron chi connectivity index (χ0n) is 15.8. The Morgan fingerprint density at radius 2 is 2.00 bits per heavy atom. The van der Waals surface area contributed by atoms with Gasteiger partial charge >= 0.3 is 0 Å². The van der Waals surface area contributed by atoms with E-state index in [4.69, 9.17) is 0 Å². The Hall–Kier alpha value is -1.60. The monoisotopic (exact) mass is 390 g/mol. The first-order valence-electron chi connectivity index (χ1n) is 8.99. The molecule has 1 aromatic carbocycles. The number of aromatic nitrogens is 2. The second kappa shape index (κ2) is 8.39. The van der Waals surface area contributed by atoms with Crippen molar-refractivity contribution in [2.45, 2.75) is 38.5 Å². The van der Waals surface area contributed by atoms with Crippen molar-refractivity contribution in [3.8, 4) is 0 Å². The van der Waals surface area contributed by atoms with Crippen molar-refractivity contribution in [1.29, 1.82) is 0 Å². The molecule has 1 N–H and O–H groups in total. The molecule has 0 bridgehead atoms. The van der Waals surface area contributed by atoms with E-state index < -0.39 is 0 Å². The Morgan fingerprint density at radius 3 is 2.73 bits per heavy atom. The molecule has 2 heterocycles. The van der Waals surface area contributed by atoms with E-state index in [1.807, 2.05) is 17.0 Å². The predicted octanol–water partition coefficient (Wildman–Crippen LogP) is 4.50. The van der Waals surface area contributed by atoms with Gasteiger partial charge < -0.3 is 10.2 Å². The number of likely N-dealkylation sites (tertiary alicyclic amines) is 1. The zero-order chi connectivity index (χ0) is 18.7. The average molecular weight is 391 g/mol. The van der Waals surface area contributed by atoms with Gasteiger partial charge in [0.15, 0.2) is 4.34 Å². The lowest BCUT2D eigenvalue weighted by molar-refractivity contribution is -0.130. The Balaban J connectivity index is 1.55. The smallest absolute Gasteiger partial charge is 0.233 e. The Labute approximate surface area is 163 Å². The second-order valence-electron chi connectivity index (χ2n) is 7.28. The predicted molar refractivity (Wildman–Crippen MR) is 109 cm³/mol. The molecular weight excluding hydrogens is 364 g/mol. The van der Waals surface area contributed by atoms with E-state index in [0.29, 0.717) is 17.6 Å². The highest BCUT2D eigenvalue weighted by Crippen LogP contribution is 2.30. The highest BCUT2D eigenvalue weighted by atomic mass is 32.2. The van der Waals surface area contributed by atoms with E-state index >= 15 is 0 Å². The minimum Gasteiger partial charge on any atom is -0.341 e. The quantitative estimate of drug-likeness (QED) is 0.762. The van der Waals surface area contributed by atoms with Gasteiger partial charge in [-0.25, -0.2) is 0 Å². The van der Waals surface area contributed by atoms with E-state index in [1.54, 1.807) is 0 Å². The van der Waals surface area contributed by atoms with Gasteiger partial charge in [0, 0.05) is 18.8 Å². The summed E-state index contributed by atoms with van der Waals surface area (Å²) in [5.74, 6) is 1.80. The standard InChI is InChI=1S/C19H26N4OS2/c1-12-8-13(2)10-23(9-12)17(24)11-25-19-22-21-18(26-19)20-16-7-5-6-14(3)15(16)4/h5-7,12-13H,8-11H2,1-4H3,(H,20,21)/t12-,13+. The van der Waals surface area contributed by atoms with Crippen LogP contribution < -0.4 is 5.32 Å². The van der Waals surface area contributed by atoms with E-state index in [1.165, 1.54) is 40.6 Å². The van der Waals surface area contributed by atoms with E-state index in [-0.39, 0.29) is 5.91 Å². The normalized spacial score (nSPS) is 20.2. The van der Waals surface area contributed by atoms with Gasteiger partial charge in [-0.05, 0) is 49.3 Å². The van der Waals surface area contributed by atoms with Gasteiger partial charge in [0.2, 0.25) is 11.0 Å². The third-order valence-corrected chi connectivity index (χ3v) is 6.75. The zero-order valence-corrected chi connectivity index (χ0v) is 17.4. The summed E-state index contributed by atoms with van der Waals surface area (Å²) in [5.41, 5.74) is 3.50. The summed E-state index contributed by atoms with van der Waals surface area (Å²) < 4.78 is 0.823. The number of amides is 1. The van der Waals surface area contributed by atoms with Crippen molar-refractivity contribution < 1.29 is 4.79 Å². The molecule has 26 heavy (non-hydrogen) atoms. The summed E-state index contributed by atoms with van der Waals surface area (Å²) in [6.07, 6.45) is 1.21. The number of carbonyl (C=O) groups is 1. The highest BCUT2D eigenvalue weighted by molar-refractivity contribution is 8.01. The number of carbonyl (C=O) groups excluding carboxylic acids is 1. The number of thioether (sulfide) groups is 1. The van der Waals surface area contributed by atoms with Gasteiger partial charge in [-0.3, -0.25) is 4.79 Å². The average Bonchev–Trinajstić information content (AvgIpc) is 3.03. The van der Waals surface area contributed by atoms with Crippen LogP contribution in [0.15, 0.2) is 22.5 Å². The lowest BCUT2D eigenvalue weighted by Gasteiger charge is -2.34. The van der Waals surface area contributed by atoms with Crippen molar-refractivity contribution in [3.05, 3.63) is 29.3 Å². The fourth-order valence-corrected chi connectivity index (χ4v) is 5.07. The number of nitrogens with one attached hydrogen (secondary N) is 1. The number of rotatable bonds is 5. The molecule has 1 aliphatic rings. The molecule has 0 unspecified atom stereocenters. The molecule has 5 nitrogen and oxygen atoms in total. The van der Waals surface area contributed by atoms with E-state index in [0.717, 1.165) is 28.2 Å². The van der Waals surface area contributed by atoms with Crippen LogP contribution in [-0.4, -0.2) is 39.8 Å². The molecule has 3 rings (SSSR count). The minimum atomic E-state index is 0.202. The molecule has 1 fully saturated rings. The summed E-state index contributed by atoms with van der Waals surface area (Å²) >= 11 is 2.97. The molecule has 2 atom stereocenters. The lowest BCUT2D eigenvalue weighted by atomic mass is 9.92. The molecule has 0 radical (unpaired) electrons. The maximum absolute atomic E-state index is 12.5. The maximum atomic E-state index is 12.5. The number of aryl methyl sites for hydroxylation is 1. The molecule has 0 spiro atoms. The number of anilines is 2. The molecule has 1 amide bonds. The van der Waals surface area contributed by atoms with Gasteiger partial charge in [-0.15, -0.1) is 10.2 Å². The van der Waals surface area contributed by atoms with Crippen molar-refractivity contribution in [1.82, 2.24) is 15.1 Å². The first kappa shape index (κ1) is 19.2. The first-order chi connectivity index (χ1) is 12.4. The molecule has 2 aromatic rings. The summed E-state index contributed by atoms with van der Waals surface area (Å²) in [6.45, 7) is 10.4. The minimum absolute atomic E-state index is 0.202. The largest absolute Gasteiger partial charge is 0.341 e. The molecule has 0 aliphatic carbocycles. The Bertz CT molecular complexity index is 767. The summed E-state index contributed by atoms with van der Waals surface area (Å²) in [5, 5.41) is 12.5. The number of hydrogen-bond donors (Lipinski definition) is 1. The summed E-state index contributed by atoms with van der Waals surface area (Å²) in [7, 11) is 0. The van der Waals surface area contributed by atoms with E-state index in [2.05, 4.69) is 49.3 Å². The van der Waals surface area contributed by atoms with Crippen LogP contribution >= 0.6 is 23.1 Å². The van der Waals surface area contributed by atoms with Gasteiger partial charge in [0.1, 0.15) is 0 Å². The van der Waals surface area contributed by atoms with Gasteiger partial charge in [0.25, 0.3) is 0 Å². The van der Waals surface area contributed by atoms with Crippen molar-refractivity contribution in [2.24, 2.45) is 11.8 Å². The highest BCUT2D eigenvalue weighted by Gasteiger charge is 2.25. The van der Waals surface area contributed by atoms with Crippen LogP contribution in [0.5, 0.6) is 0 Å². The van der Waals surface area contributed by atoms with Crippen LogP contribution in [0.1, 0.15) is 31.4 Å².